The van der Waals surface area contributed by atoms with Crippen molar-refractivity contribution in [3.05, 3.63) is 59.6 Å². The maximum Gasteiger partial charge on any atom is 0.573 e. The van der Waals surface area contributed by atoms with Gasteiger partial charge in [-0.2, -0.15) is 0 Å². The van der Waals surface area contributed by atoms with Gasteiger partial charge in [0.1, 0.15) is 10.8 Å². The normalized spacial score (nSPS) is 11.2. The molecule has 0 aliphatic carbocycles. The molecule has 0 saturated heterocycles. The number of alkyl halides is 3. The second-order valence-corrected chi connectivity index (χ2v) is 6.73. The molecule has 0 spiro atoms. The molecule has 29 heavy (non-hydrogen) atoms. The van der Waals surface area contributed by atoms with Crippen LogP contribution in [0.3, 0.4) is 0 Å². The topological polar surface area (TPSA) is 60.5 Å². The van der Waals surface area contributed by atoms with E-state index in [0.29, 0.717) is 12.3 Å². The van der Waals surface area contributed by atoms with E-state index in [1.165, 1.54) is 29.5 Å². The van der Waals surface area contributed by atoms with Crippen LogP contribution in [-0.2, 0) is 11.2 Å². The lowest BCUT2D eigenvalue weighted by Gasteiger charge is -2.13. The highest BCUT2D eigenvalue weighted by Crippen LogP contribution is 2.30. The SMILES string of the molecule is CCOc1ccc(-c2nc(CC(=O)Nc3ccccc3OC(F)(F)F)cs2)cc1. The van der Waals surface area contributed by atoms with E-state index in [4.69, 9.17) is 4.74 Å². The van der Waals surface area contributed by atoms with E-state index in [9.17, 15) is 18.0 Å². The van der Waals surface area contributed by atoms with Crippen LogP contribution in [0.1, 0.15) is 12.6 Å². The number of rotatable bonds is 7. The van der Waals surface area contributed by atoms with Crippen LogP contribution in [0.5, 0.6) is 11.5 Å². The highest BCUT2D eigenvalue weighted by atomic mass is 32.1. The first kappa shape index (κ1) is 20.7. The number of para-hydroxylation sites is 2. The number of carbonyl (C=O) groups is 1. The zero-order valence-electron chi connectivity index (χ0n) is 15.3. The number of anilines is 1. The van der Waals surface area contributed by atoms with Crippen molar-refractivity contribution in [2.75, 3.05) is 11.9 Å². The first-order valence-electron chi connectivity index (χ1n) is 8.66. The largest absolute Gasteiger partial charge is 0.573 e. The minimum Gasteiger partial charge on any atom is -0.494 e. The lowest BCUT2D eigenvalue weighted by Crippen LogP contribution is -2.20. The van der Waals surface area contributed by atoms with Crippen molar-refractivity contribution in [1.29, 1.82) is 0 Å². The van der Waals surface area contributed by atoms with Crippen LogP contribution in [0.25, 0.3) is 10.6 Å². The molecule has 3 aromatic rings. The third kappa shape index (κ3) is 5.95. The van der Waals surface area contributed by atoms with E-state index < -0.39 is 18.0 Å². The van der Waals surface area contributed by atoms with Gasteiger partial charge in [-0.15, -0.1) is 24.5 Å². The smallest absolute Gasteiger partial charge is 0.494 e. The molecule has 0 atom stereocenters. The molecule has 0 saturated carbocycles. The maximum atomic E-state index is 12.5. The Balaban J connectivity index is 1.65. The highest BCUT2D eigenvalue weighted by molar-refractivity contribution is 7.13. The number of hydrogen-bond donors (Lipinski definition) is 1. The summed E-state index contributed by atoms with van der Waals surface area (Å²) >= 11 is 1.38. The summed E-state index contributed by atoms with van der Waals surface area (Å²) in [6, 6.07) is 12.8. The summed E-state index contributed by atoms with van der Waals surface area (Å²) in [7, 11) is 0. The first-order valence-corrected chi connectivity index (χ1v) is 9.54. The Morgan fingerprint density at radius 3 is 2.55 bits per heavy atom. The van der Waals surface area contributed by atoms with Gasteiger partial charge in [-0.3, -0.25) is 4.79 Å². The lowest BCUT2D eigenvalue weighted by molar-refractivity contribution is -0.274. The molecular formula is C20H17F3N2O3S. The second kappa shape index (κ2) is 8.95. The summed E-state index contributed by atoms with van der Waals surface area (Å²) in [6.07, 6.45) is -4.92. The summed E-state index contributed by atoms with van der Waals surface area (Å²) in [5.74, 6) is -0.208. The molecule has 1 amide bonds. The van der Waals surface area contributed by atoms with Gasteiger partial charge in [0, 0.05) is 10.9 Å². The first-order chi connectivity index (χ1) is 13.8. The van der Waals surface area contributed by atoms with Crippen molar-refractivity contribution in [3.8, 4) is 22.1 Å². The lowest BCUT2D eigenvalue weighted by atomic mass is 10.2. The fourth-order valence-electron chi connectivity index (χ4n) is 2.52. The van der Waals surface area contributed by atoms with Gasteiger partial charge in [0.15, 0.2) is 5.75 Å². The van der Waals surface area contributed by atoms with E-state index in [1.54, 1.807) is 5.38 Å². The van der Waals surface area contributed by atoms with Crippen molar-refractivity contribution in [2.45, 2.75) is 19.7 Å². The summed E-state index contributed by atoms with van der Waals surface area (Å²) in [6.45, 7) is 2.48. The summed E-state index contributed by atoms with van der Waals surface area (Å²) in [5.41, 5.74) is 1.34. The number of nitrogens with zero attached hydrogens (tertiary/aromatic N) is 1. The predicted molar refractivity (Wildman–Crippen MR) is 104 cm³/mol. The van der Waals surface area contributed by atoms with Gasteiger partial charge in [0.05, 0.1) is 24.4 Å². The third-order valence-electron chi connectivity index (χ3n) is 3.69. The number of hydrogen-bond acceptors (Lipinski definition) is 5. The van der Waals surface area contributed by atoms with Gasteiger partial charge in [-0.05, 0) is 43.3 Å². The molecule has 1 aromatic heterocycles. The van der Waals surface area contributed by atoms with Crippen molar-refractivity contribution in [3.63, 3.8) is 0 Å². The molecule has 9 heteroatoms. The molecule has 0 radical (unpaired) electrons. The average molecular weight is 422 g/mol. The quantitative estimate of drug-likeness (QED) is 0.562. The number of thiazole rings is 1. The van der Waals surface area contributed by atoms with Gasteiger partial charge in [-0.25, -0.2) is 4.98 Å². The zero-order chi connectivity index (χ0) is 20.9. The molecule has 0 unspecified atom stereocenters. The number of ether oxygens (including phenoxy) is 2. The summed E-state index contributed by atoms with van der Waals surface area (Å²) < 4.78 is 46.8. The van der Waals surface area contributed by atoms with Crippen LogP contribution < -0.4 is 14.8 Å². The number of aromatic nitrogens is 1. The van der Waals surface area contributed by atoms with Crippen LogP contribution in [0.2, 0.25) is 0 Å². The molecule has 0 aliphatic heterocycles. The van der Waals surface area contributed by atoms with Crippen molar-refractivity contribution >= 4 is 22.9 Å². The molecular weight excluding hydrogens is 405 g/mol. The number of amides is 1. The van der Waals surface area contributed by atoms with Gasteiger partial charge >= 0.3 is 6.36 Å². The van der Waals surface area contributed by atoms with Crippen LogP contribution >= 0.6 is 11.3 Å². The average Bonchev–Trinajstić information content (AvgIpc) is 3.11. The predicted octanol–water partition coefficient (Wildman–Crippen LogP) is 5.29. The minimum absolute atomic E-state index is 0.0585. The standard InChI is InChI=1S/C20H17F3N2O3S/c1-2-27-15-9-7-13(8-10-15)19-24-14(12-29-19)11-18(26)25-16-5-3-4-6-17(16)28-20(21,22)23/h3-10,12H,2,11H2,1H3,(H,25,26). The molecule has 2 aromatic carbocycles. The van der Waals surface area contributed by atoms with Crippen molar-refractivity contribution < 1.29 is 27.4 Å². The van der Waals surface area contributed by atoms with E-state index in [0.717, 1.165) is 22.4 Å². The van der Waals surface area contributed by atoms with Crippen molar-refractivity contribution in [2.24, 2.45) is 0 Å². The molecule has 0 fully saturated rings. The Morgan fingerprint density at radius 1 is 1.14 bits per heavy atom. The van der Waals surface area contributed by atoms with E-state index in [-0.39, 0.29) is 12.1 Å². The van der Waals surface area contributed by atoms with Crippen LogP contribution in [0, 0.1) is 0 Å². The van der Waals surface area contributed by atoms with Gasteiger partial charge in [0.25, 0.3) is 0 Å². The Labute approximate surface area is 169 Å². The number of nitrogens with one attached hydrogen (secondary N) is 1. The Morgan fingerprint density at radius 2 is 1.86 bits per heavy atom. The summed E-state index contributed by atoms with van der Waals surface area (Å²) in [5, 5.41) is 4.91. The third-order valence-corrected chi connectivity index (χ3v) is 4.63. The number of halogens is 3. The highest BCUT2D eigenvalue weighted by Gasteiger charge is 2.32. The number of benzene rings is 2. The van der Waals surface area contributed by atoms with Crippen LogP contribution in [-0.4, -0.2) is 23.9 Å². The van der Waals surface area contributed by atoms with Gasteiger partial charge in [-0.1, -0.05) is 12.1 Å². The molecule has 0 bridgehead atoms. The second-order valence-electron chi connectivity index (χ2n) is 5.87. The Kier molecular flexibility index (Phi) is 6.38. The molecule has 5 nitrogen and oxygen atoms in total. The van der Waals surface area contributed by atoms with Crippen molar-refractivity contribution in [1.82, 2.24) is 4.98 Å². The van der Waals surface area contributed by atoms with Crippen LogP contribution in [0.4, 0.5) is 18.9 Å². The molecule has 0 aliphatic rings. The van der Waals surface area contributed by atoms with E-state index in [2.05, 4.69) is 15.0 Å². The molecule has 1 heterocycles. The fourth-order valence-corrected chi connectivity index (χ4v) is 3.35. The monoisotopic (exact) mass is 422 g/mol. The van der Waals surface area contributed by atoms with E-state index in [1.807, 2.05) is 31.2 Å². The Bertz CT molecular complexity index is 972. The molecule has 3 rings (SSSR count). The maximum absolute atomic E-state index is 12.5. The van der Waals surface area contributed by atoms with Gasteiger partial charge in [0.2, 0.25) is 5.91 Å². The minimum atomic E-state index is -4.84. The zero-order valence-corrected chi connectivity index (χ0v) is 16.1. The fraction of sp³-hybridized carbons (Fsp3) is 0.200. The summed E-state index contributed by atoms with van der Waals surface area (Å²) in [4.78, 5) is 16.7. The molecule has 1 N–H and O–H groups in total. The number of carbonyl (C=O) groups excluding carboxylic acids is 1. The molecule has 152 valence electrons. The Hall–Kier alpha value is -3.07. The van der Waals surface area contributed by atoms with Crippen LogP contribution in [0.15, 0.2) is 53.9 Å². The van der Waals surface area contributed by atoms with E-state index >= 15 is 0 Å². The van der Waals surface area contributed by atoms with Gasteiger partial charge < -0.3 is 14.8 Å².